The van der Waals surface area contributed by atoms with Gasteiger partial charge in [0.15, 0.2) is 0 Å². The fourth-order valence-corrected chi connectivity index (χ4v) is 7.11. The highest BCUT2D eigenvalue weighted by atomic mass is 35.5. The number of aromatic amines is 1. The molecule has 9 nitrogen and oxygen atoms in total. The number of anilines is 2. The van der Waals surface area contributed by atoms with Gasteiger partial charge in [-0.15, -0.1) is 11.3 Å². The standard InChI is InChI=1S/C23H28N4O2S.C14H11ClFN3/c1-3-16(2)18-6-7-24-20-12-21(30-23(18)20)19-5-4-17(13-25-19)14-26-8-10-27(11-9-26)22(29)15-28;1-8-2-4-10(7-11(8)16)17-14-18-12-5-3-9(15)6-13(12)19-14/h4-7,12-13,16,28H,3,8-11,14-15H2,1-2H3;2-7H,1H3,(H2,17,18,19). The van der Waals surface area contributed by atoms with E-state index in [1.165, 1.54) is 21.9 Å². The van der Waals surface area contributed by atoms with Gasteiger partial charge in [-0.1, -0.05) is 37.6 Å². The van der Waals surface area contributed by atoms with E-state index < -0.39 is 6.61 Å². The molecule has 0 saturated carbocycles. The highest BCUT2D eigenvalue weighted by Gasteiger charge is 2.20. The maximum Gasteiger partial charge on any atom is 0.248 e. The van der Waals surface area contributed by atoms with Gasteiger partial charge in [-0.2, -0.15) is 0 Å². The lowest BCUT2D eigenvalue weighted by molar-refractivity contribution is -0.136. The fraction of sp³-hybridized carbons (Fsp3) is 0.297. The molecule has 254 valence electrons. The minimum absolute atomic E-state index is 0.185. The summed E-state index contributed by atoms with van der Waals surface area (Å²) in [5.74, 6) is 0.644. The van der Waals surface area contributed by atoms with Crippen LogP contribution < -0.4 is 5.32 Å². The van der Waals surface area contributed by atoms with E-state index in [0.29, 0.717) is 41.2 Å². The van der Waals surface area contributed by atoms with Gasteiger partial charge in [0, 0.05) is 55.8 Å². The van der Waals surface area contributed by atoms with Gasteiger partial charge in [0.25, 0.3) is 0 Å². The summed E-state index contributed by atoms with van der Waals surface area (Å²) in [5.41, 5.74) is 7.47. The van der Waals surface area contributed by atoms with Crippen molar-refractivity contribution in [1.82, 2.24) is 29.7 Å². The molecular formula is C37H39ClFN7O2S. The summed E-state index contributed by atoms with van der Waals surface area (Å²) in [6, 6.07) is 18.9. The number of aromatic nitrogens is 4. The van der Waals surface area contributed by atoms with Crippen molar-refractivity contribution in [1.29, 1.82) is 0 Å². The Bertz CT molecular complexity index is 2060. The van der Waals surface area contributed by atoms with Crippen LogP contribution in [-0.2, 0) is 11.3 Å². The Morgan fingerprint density at radius 1 is 1.06 bits per heavy atom. The van der Waals surface area contributed by atoms with Crippen molar-refractivity contribution in [3.05, 3.63) is 101 Å². The number of imidazole rings is 1. The normalized spacial score (nSPS) is 14.1. The molecule has 1 saturated heterocycles. The van der Waals surface area contributed by atoms with Crippen LogP contribution in [0.2, 0.25) is 5.02 Å². The number of carbonyl (C=O) groups excluding carboxylic acids is 1. The number of H-pyrrole nitrogens is 1. The zero-order chi connectivity index (χ0) is 34.5. The number of aliphatic hydroxyl groups is 1. The molecule has 0 radical (unpaired) electrons. The third-order valence-electron chi connectivity index (χ3n) is 8.81. The smallest absolute Gasteiger partial charge is 0.248 e. The molecule has 5 heterocycles. The number of hydrogen-bond donors (Lipinski definition) is 3. The number of thiophene rings is 1. The highest BCUT2D eigenvalue weighted by Crippen LogP contribution is 2.37. The van der Waals surface area contributed by atoms with Gasteiger partial charge in [-0.05, 0) is 84.5 Å². The predicted molar refractivity (Wildman–Crippen MR) is 196 cm³/mol. The van der Waals surface area contributed by atoms with E-state index in [-0.39, 0.29) is 11.7 Å². The number of hydrogen-bond acceptors (Lipinski definition) is 8. The van der Waals surface area contributed by atoms with Crippen LogP contribution >= 0.6 is 22.9 Å². The minimum atomic E-state index is -0.405. The Kier molecular flexibility index (Phi) is 10.8. The predicted octanol–water partition coefficient (Wildman–Crippen LogP) is 7.92. The number of fused-ring (bicyclic) bond motifs is 2. The van der Waals surface area contributed by atoms with Crippen LogP contribution in [0.15, 0.2) is 73.1 Å². The number of halogens is 2. The van der Waals surface area contributed by atoms with E-state index in [1.807, 2.05) is 18.5 Å². The molecule has 1 aliphatic heterocycles. The number of pyridine rings is 2. The Morgan fingerprint density at radius 3 is 2.59 bits per heavy atom. The van der Waals surface area contributed by atoms with E-state index in [2.05, 4.69) is 63.3 Å². The van der Waals surface area contributed by atoms with Gasteiger partial charge >= 0.3 is 0 Å². The number of aliphatic hydroxyl groups excluding tert-OH is 1. The summed E-state index contributed by atoms with van der Waals surface area (Å²) >= 11 is 7.68. The zero-order valence-corrected chi connectivity index (χ0v) is 29.3. The van der Waals surface area contributed by atoms with Gasteiger partial charge < -0.3 is 20.3 Å². The number of nitrogens with one attached hydrogen (secondary N) is 2. The van der Waals surface area contributed by atoms with Gasteiger partial charge in [0.1, 0.15) is 12.4 Å². The first-order valence-corrected chi connectivity index (χ1v) is 17.5. The molecule has 4 aromatic heterocycles. The van der Waals surface area contributed by atoms with Crippen LogP contribution in [-0.4, -0.2) is 73.5 Å². The van der Waals surface area contributed by atoms with E-state index in [0.717, 1.165) is 53.2 Å². The van der Waals surface area contributed by atoms with Gasteiger partial charge in [0.05, 0.1) is 31.8 Å². The highest BCUT2D eigenvalue weighted by molar-refractivity contribution is 7.22. The maximum absolute atomic E-state index is 13.5. The average molecular weight is 700 g/mol. The molecule has 1 unspecified atom stereocenters. The lowest BCUT2D eigenvalue weighted by Crippen LogP contribution is -2.49. The molecule has 0 aliphatic carbocycles. The van der Waals surface area contributed by atoms with Crippen molar-refractivity contribution in [3.8, 4) is 10.6 Å². The van der Waals surface area contributed by atoms with E-state index in [4.69, 9.17) is 21.7 Å². The molecule has 6 aromatic rings. The largest absolute Gasteiger partial charge is 0.387 e. The number of rotatable bonds is 8. The van der Waals surface area contributed by atoms with Gasteiger partial charge in [-0.25, -0.2) is 9.37 Å². The summed E-state index contributed by atoms with van der Waals surface area (Å²) in [6.45, 7) is 9.58. The molecule has 1 atom stereocenters. The summed E-state index contributed by atoms with van der Waals surface area (Å²) in [5, 5.41) is 12.7. The number of benzene rings is 2. The van der Waals surface area contributed by atoms with Crippen LogP contribution in [0.4, 0.5) is 16.0 Å². The molecule has 1 aliphatic rings. The Hall–Kier alpha value is -4.42. The quantitative estimate of drug-likeness (QED) is 0.148. The first-order valence-electron chi connectivity index (χ1n) is 16.3. The summed E-state index contributed by atoms with van der Waals surface area (Å²) in [6.07, 6.45) is 4.97. The maximum atomic E-state index is 13.5. The van der Waals surface area contributed by atoms with E-state index in [1.54, 1.807) is 47.4 Å². The second-order valence-electron chi connectivity index (χ2n) is 12.2. The van der Waals surface area contributed by atoms with E-state index >= 15 is 0 Å². The van der Waals surface area contributed by atoms with Crippen LogP contribution in [0.1, 0.15) is 42.9 Å². The first-order chi connectivity index (χ1) is 23.7. The minimum Gasteiger partial charge on any atom is -0.387 e. The fourth-order valence-electron chi connectivity index (χ4n) is 5.72. The van der Waals surface area contributed by atoms with E-state index in [9.17, 15) is 9.18 Å². The second kappa shape index (κ2) is 15.4. The second-order valence-corrected chi connectivity index (χ2v) is 13.7. The lowest BCUT2D eigenvalue weighted by atomic mass is 9.99. The van der Waals surface area contributed by atoms with Crippen LogP contribution in [0.5, 0.6) is 0 Å². The van der Waals surface area contributed by atoms with Crippen molar-refractivity contribution in [2.45, 2.75) is 39.7 Å². The Labute approximate surface area is 293 Å². The lowest BCUT2D eigenvalue weighted by Gasteiger charge is -2.34. The molecule has 12 heteroatoms. The molecule has 0 bridgehead atoms. The van der Waals surface area contributed by atoms with Crippen molar-refractivity contribution in [3.63, 3.8) is 0 Å². The monoisotopic (exact) mass is 699 g/mol. The number of piperazine rings is 1. The van der Waals surface area contributed by atoms with Gasteiger partial charge in [-0.3, -0.25) is 19.7 Å². The summed E-state index contributed by atoms with van der Waals surface area (Å²) in [7, 11) is 0. The average Bonchev–Trinajstić information content (AvgIpc) is 3.74. The summed E-state index contributed by atoms with van der Waals surface area (Å²) in [4.78, 5) is 33.5. The van der Waals surface area contributed by atoms with Crippen LogP contribution in [0, 0.1) is 12.7 Å². The number of amides is 1. The number of aryl methyl sites for hydroxylation is 1. The van der Waals surface area contributed by atoms with Crippen molar-refractivity contribution >= 4 is 61.7 Å². The molecule has 1 amide bonds. The van der Waals surface area contributed by atoms with Crippen molar-refractivity contribution in [2.24, 2.45) is 0 Å². The molecule has 3 N–H and O–H groups in total. The van der Waals surface area contributed by atoms with Crippen molar-refractivity contribution in [2.75, 3.05) is 38.1 Å². The molecule has 7 rings (SSSR count). The van der Waals surface area contributed by atoms with Crippen molar-refractivity contribution < 1.29 is 14.3 Å². The van der Waals surface area contributed by atoms with Crippen LogP contribution in [0.25, 0.3) is 31.8 Å². The zero-order valence-electron chi connectivity index (χ0n) is 27.7. The van der Waals surface area contributed by atoms with Crippen LogP contribution in [0.3, 0.4) is 0 Å². The Balaban J connectivity index is 0.000000188. The third-order valence-corrected chi connectivity index (χ3v) is 10.2. The molecule has 49 heavy (non-hydrogen) atoms. The summed E-state index contributed by atoms with van der Waals surface area (Å²) < 4.78 is 14.7. The number of nitrogens with zero attached hydrogens (tertiary/aromatic N) is 5. The molecular weight excluding hydrogens is 661 g/mol. The molecule has 1 fully saturated rings. The Morgan fingerprint density at radius 2 is 1.88 bits per heavy atom. The first kappa shape index (κ1) is 34.4. The van der Waals surface area contributed by atoms with Gasteiger partial charge in [0.2, 0.25) is 11.9 Å². The molecule has 2 aromatic carbocycles. The molecule has 0 spiro atoms. The topological polar surface area (TPSA) is 110 Å². The number of carbonyl (C=O) groups is 1. The third kappa shape index (κ3) is 8.25. The SMILES string of the molecule is CCC(C)c1ccnc2cc(-c3ccc(CN4CCN(C(=O)CO)CC4)cn3)sc12.Cc1ccc(Nc2nc3ccc(Cl)cc3[nH]2)cc1F.